The average Bonchev–Trinajstić information content (AvgIpc) is 3.28. The molecule has 1 amide bonds. The zero-order valence-corrected chi connectivity index (χ0v) is 35.5. The number of benzene rings is 3. The summed E-state index contributed by atoms with van der Waals surface area (Å²) in [5.41, 5.74) is 2.70. The van der Waals surface area contributed by atoms with Gasteiger partial charge in [-0.3, -0.25) is 25.1 Å². The minimum absolute atomic E-state index is 0.000444. The molecule has 1 aliphatic heterocycles. The van der Waals surface area contributed by atoms with Crippen LogP contribution in [-0.4, -0.2) is 81.6 Å². The van der Waals surface area contributed by atoms with Gasteiger partial charge < -0.3 is 34.0 Å². The number of ether oxygens (including phenoxy) is 4. The predicted molar refractivity (Wildman–Crippen MR) is 235 cm³/mol. The molecule has 3 aromatic carbocycles. The topological polar surface area (TPSA) is 206 Å². The van der Waals surface area contributed by atoms with Crippen LogP contribution in [0.15, 0.2) is 109 Å². The molecule has 0 bridgehead atoms. The number of aliphatic hydroxyl groups excluding tert-OH is 2. The maximum atomic E-state index is 14.6. The second-order valence-electron chi connectivity index (χ2n) is 15.9. The third-order valence-corrected chi connectivity index (χ3v) is 11.9. The molecule has 0 spiro atoms. The van der Waals surface area contributed by atoms with Crippen LogP contribution in [0.4, 0.5) is 16.2 Å². The molecule has 1 heterocycles. The summed E-state index contributed by atoms with van der Waals surface area (Å²) in [6.45, 7) is 10.4. The van der Waals surface area contributed by atoms with Crippen molar-refractivity contribution in [3.05, 3.63) is 135 Å². The third kappa shape index (κ3) is 10.6. The van der Waals surface area contributed by atoms with Gasteiger partial charge in [0.2, 0.25) is 5.79 Å². The first-order valence-corrected chi connectivity index (χ1v) is 21.5. The van der Waals surface area contributed by atoms with Gasteiger partial charge >= 0.3 is 6.09 Å². The molecule has 0 aromatic heterocycles. The molecule has 6 rings (SSSR count). The molecule has 2 aliphatic carbocycles. The minimum Gasteiger partial charge on any atom is -0.490 e. The van der Waals surface area contributed by atoms with Crippen molar-refractivity contribution in [2.24, 2.45) is 22.9 Å². The number of nitro benzene ring substituents is 2. The summed E-state index contributed by atoms with van der Waals surface area (Å²) in [6, 6.07) is 16.1. The Morgan fingerprint density at radius 3 is 2.21 bits per heavy atom. The highest BCUT2D eigenvalue weighted by atomic mass is 16.7. The van der Waals surface area contributed by atoms with Gasteiger partial charge in [0.15, 0.2) is 0 Å². The van der Waals surface area contributed by atoms with Gasteiger partial charge in [0.1, 0.15) is 36.5 Å². The largest absolute Gasteiger partial charge is 0.490 e. The van der Waals surface area contributed by atoms with Gasteiger partial charge in [-0.25, -0.2) is 4.79 Å². The van der Waals surface area contributed by atoms with Crippen LogP contribution in [0.1, 0.15) is 75.3 Å². The van der Waals surface area contributed by atoms with E-state index in [4.69, 9.17) is 28.9 Å². The maximum Gasteiger partial charge on any atom is 0.415 e. The number of amides is 1. The van der Waals surface area contributed by atoms with E-state index in [1.165, 1.54) is 36.4 Å². The fourth-order valence-corrected chi connectivity index (χ4v) is 9.20. The highest BCUT2D eigenvalue weighted by Crippen LogP contribution is 2.62. The van der Waals surface area contributed by atoms with Crippen LogP contribution in [0.5, 0.6) is 17.2 Å². The van der Waals surface area contributed by atoms with Crippen LogP contribution in [0, 0.1) is 38.0 Å². The standard InChI is InChI=1S/C47H56N4O12/c1-4-23-49(46(54)62-36-19-17-35(18-20-36)51(57)58)43-30-41(48-61-31-32-13-15-34(16-14-32)50(55)56)39-28-33(11-7-9-24-52)38(12-8-10-25-53)44-40-29-37(59-26-5-2)21-22-42(40)63-47(43,45(39)44)60-27-6-3/h5-6,13-22,28-29,33,38,43-45,52-53H,2-4,7-12,23-27,30-31H2,1H3/t33-,38+,43-,44+,45+,47+/m0/s1. The third-order valence-electron chi connectivity index (χ3n) is 11.9. The van der Waals surface area contributed by atoms with Crippen LogP contribution >= 0.6 is 0 Å². The molecule has 16 nitrogen and oxygen atoms in total. The first-order valence-electron chi connectivity index (χ1n) is 21.5. The Bertz CT molecular complexity index is 2140. The second-order valence-corrected chi connectivity index (χ2v) is 15.9. The molecule has 0 radical (unpaired) electrons. The molecular weight excluding hydrogens is 813 g/mol. The number of fused-ring (bicyclic) bond motifs is 2. The lowest BCUT2D eigenvalue weighted by molar-refractivity contribution is -0.385. The van der Waals surface area contributed by atoms with Crippen molar-refractivity contribution in [3.63, 3.8) is 0 Å². The zero-order chi connectivity index (χ0) is 44.9. The number of unbranched alkanes of at least 4 members (excludes halogenated alkanes) is 2. The summed E-state index contributed by atoms with van der Waals surface area (Å²) < 4.78 is 26.2. The Kier molecular flexibility index (Phi) is 16.1. The van der Waals surface area contributed by atoms with E-state index in [-0.39, 0.29) is 80.9 Å². The van der Waals surface area contributed by atoms with Gasteiger partial charge in [0, 0.05) is 61.9 Å². The smallest absolute Gasteiger partial charge is 0.415 e. The number of aliphatic hydroxyl groups is 2. The molecule has 0 saturated heterocycles. The van der Waals surface area contributed by atoms with Crippen molar-refractivity contribution in [1.82, 2.24) is 4.90 Å². The van der Waals surface area contributed by atoms with Crippen molar-refractivity contribution < 1.29 is 48.6 Å². The fraction of sp³-hybridized carbons (Fsp3) is 0.447. The minimum atomic E-state index is -1.55. The van der Waals surface area contributed by atoms with E-state index in [1.807, 2.05) is 25.1 Å². The molecule has 3 aromatic rings. The normalized spacial score (nSPS) is 22.7. The predicted octanol–water partition coefficient (Wildman–Crippen LogP) is 8.81. The van der Waals surface area contributed by atoms with Crippen LogP contribution in [0.25, 0.3) is 0 Å². The van der Waals surface area contributed by atoms with Crippen LogP contribution in [0.3, 0.4) is 0 Å². The summed E-state index contributed by atoms with van der Waals surface area (Å²) in [6.07, 6.45) is 9.60. The lowest BCUT2D eigenvalue weighted by Gasteiger charge is -2.59. The van der Waals surface area contributed by atoms with Crippen molar-refractivity contribution >= 4 is 23.2 Å². The number of carbonyl (C=O) groups is 1. The van der Waals surface area contributed by atoms with E-state index in [1.54, 1.807) is 29.2 Å². The molecular formula is C47H56N4O12. The molecule has 1 saturated carbocycles. The Morgan fingerprint density at radius 1 is 0.921 bits per heavy atom. The Morgan fingerprint density at radius 2 is 1.57 bits per heavy atom. The first-order chi connectivity index (χ1) is 30.6. The molecule has 1 fully saturated rings. The lowest BCUT2D eigenvalue weighted by atomic mass is 9.55. The van der Waals surface area contributed by atoms with E-state index in [9.17, 15) is 35.2 Å². The number of hydrogen-bond acceptors (Lipinski definition) is 13. The van der Waals surface area contributed by atoms with Crippen LogP contribution in [0.2, 0.25) is 0 Å². The van der Waals surface area contributed by atoms with Gasteiger partial charge in [0.25, 0.3) is 11.4 Å². The van der Waals surface area contributed by atoms with Crippen molar-refractivity contribution in [2.45, 2.75) is 82.6 Å². The van der Waals surface area contributed by atoms with Crippen molar-refractivity contribution in [3.8, 4) is 17.2 Å². The number of nitro groups is 2. The summed E-state index contributed by atoms with van der Waals surface area (Å²) in [5, 5.41) is 47.3. The quantitative estimate of drug-likeness (QED) is 0.0397. The summed E-state index contributed by atoms with van der Waals surface area (Å²) >= 11 is 0. The van der Waals surface area contributed by atoms with Gasteiger partial charge in [-0.2, -0.15) is 0 Å². The van der Waals surface area contributed by atoms with E-state index in [2.05, 4.69) is 19.2 Å². The molecule has 2 N–H and O–H groups in total. The summed E-state index contributed by atoms with van der Waals surface area (Å²) in [7, 11) is 0. The highest BCUT2D eigenvalue weighted by molar-refractivity contribution is 6.03. The van der Waals surface area contributed by atoms with Crippen molar-refractivity contribution in [2.75, 3.05) is 33.0 Å². The molecule has 336 valence electrons. The van der Waals surface area contributed by atoms with Crippen molar-refractivity contribution in [1.29, 1.82) is 0 Å². The highest BCUT2D eigenvalue weighted by Gasteiger charge is 2.65. The lowest BCUT2D eigenvalue weighted by Crippen LogP contribution is -2.70. The van der Waals surface area contributed by atoms with E-state index in [0.717, 1.165) is 36.8 Å². The number of nitrogens with zero attached hydrogens (tertiary/aromatic N) is 4. The first kappa shape index (κ1) is 46.4. The number of carbonyl (C=O) groups excluding carboxylic acids is 1. The van der Waals surface area contributed by atoms with Gasteiger partial charge in [0.05, 0.1) is 28.1 Å². The summed E-state index contributed by atoms with van der Waals surface area (Å²) in [4.78, 5) is 44.0. The SMILES string of the molecule is C=CCOc1ccc2c(c1)[C@H]1[C@H](CCCCO)[C@@H](CCCCO)C=C3C(=NOCc4ccc([N+](=O)[O-])cc4)C[C@H](N(CCC)C(=O)Oc4ccc([N+](=O)[O-])cc4)[C@@](OCC=C)(O2)[C@H]31. The van der Waals surface area contributed by atoms with Gasteiger partial charge in [-0.1, -0.05) is 49.7 Å². The molecule has 16 heteroatoms. The Balaban J connectivity index is 1.55. The molecule has 3 aliphatic rings. The summed E-state index contributed by atoms with van der Waals surface area (Å²) in [5.74, 6) is -1.21. The number of allylic oxidation sites excluding steroid dienone is 1. The number of oxime groups is 1. The van der Waals surface area contributed by atoms with Crippen LogP contribution < -0.4 is 14.2 Å². The van der Waals surface area contributed by atoms with Gasteiger partial charge in [-0.05, 0) is 97.5 Å². The molecule has 0 unspecified atom stereocenters. The number of rotatable bonds is 23. The average molecular weight is 869 g/mol. The number of non-ortho nitro benzene ring substituents is 2. The van der Waals surface area contributed by atoms with E-state index >= 15 is 0 Å². The Hall–Kier alpha value is -6.10. The van der Waals surface area contributed by atoms with E-state index in [0.29, 0.717) is 42.0 Å². The fourth-order valence-electron chi connectivity index (χ4n) is 9.20. The molecule has 6 atom stereocenters. The number of hydrogen-bond donors (Lipinski definition) is 2. The monoisotopic (exact) mass is 868 g/mol. The zero-order valence-electron chi connectivity index (χ0n) is 35.5. The maximum absolute atomic E-state index is 14.6. The molecule has 63 heavy (non-hydrogen) atoms. The van der Waals surface area contributed by atoms with Crippen LogP contribution in [-0.2, 0) is 16.2 Å². The van der Waals surface area contributed by atoms with Gasteiger partial charge in [-0.15, -0.1) is 6.58 Å². The van der Waals surface area contributed by atoms with E-state index < -0.39 is 33.7 Å². The Labute approximate surface area is 366 Å². The second kappa shape index (κ2) is 21.8.